The van der Waals surface area contributed by atoms with Crippen molar-refractivity contribution in [1.29, 1.82) is 0 Å². The third-order valence-corrected chi connectivity index (χ3v) is 3.22. The zero-order chi connectivity index (χ0) is 12.6. The number of aromatic amines is 1. The minimum atomic E-state index is -0.531. The molecule has 0 bridgehead atoms. The third kappa shape index (κ3) is 1.82. The van der Waals surface area contributed by atoms with Crippen LogP contribution in [-0.2, 0) is 7.05 Å². The van der Waals surface area contributed by atoms with E-state index >= 15 is 0 Å². The summed E-state index contributed by atoms with van der Waals surface area (Å²) in [7, 11) is 1.50. The molecule has 0 radical (unpaired) electrons. The maximum Gasteiger partial charge on any atom is 0.329 e. The smallest absolute Gasteiger partial charge is 0.329 e. The van der Waals surface area contributed by atoms with Crippen LogP contribution in [0.1, 0.15) is 12.8 Å². The SMILES string of the molecule is Cn1c(N)c(N2CCCC2CO)c(=O)[nH]c1=O. The van der Waals surface area contributed by atoms with Crippen LogP contribution in [0.25, 0.3) is 0 Å². The molecule has 0 aliphatic carbocycles. The summed E-state index contributed by atoms with van der Waals surface area (Å²) in [6.45, 7) is 0.637. The molecule has 1 aromatic rings. The molecule has 1 unspecified atom stereocenters. The van der Waals surface area contributed by atoms with Crippen LogP contribution < -0.4 is 21.9 Å². The van der Waals surface area contributed by atoms with E-state index in [4.69, 9.17) is 5.73 Å². The number of nitrogens with one attached hydrogen (secondary N) is 1. The highest BCUT2D eigenvalue weighted by Crippen LogP contribution is 2.25. The Hall–Kier alpha value is -1.76. The standard InChI is InChI=1S/C10H16N4O3/c1-13-8(11)7(9(16)12-10(13)17)14-4-2-3-6(14)5-15/h6,15H,2-5,11H2,1H3,(H,12,16,17). The lowest BCUT2D eigenvalue weighted by Gasteiger charge is -2.25. The van der Waals surface area contributed by atoms with Gasteiger partial charge in [0.25, 0.3) is 5.56 Å². The van der Waals surface area contributed by atoms with Gasteiger partial charge in [-0.25, -0.2) is 4.79 Å². The molecule has 0 amide bonds. The van der Waals surface area contributed by atoms with Crippen LogP contribution in [0.3, 0.4) is 0 Å². The van der Waals surface area contributed by atoms with Crippen molar-refractivity contribution in [3.8, 4) is 0 Å². The van der Waals surface area contributed by atoms with E-state index in [1.165, 1.54) is 11.6 Å². The van der Waals surface area contributed by atoms with Crippen LogP contribution in [0.2, 0.25) is 0 Å². The summed E-state index contributed by atoms with van der Waals surface area (Å²) in [5.41, 5.74) is 5.06. The van der Waals surface area contributed by atoms with Crippen LogP contribution in [0.5, 0.6) is 0 Å². The Labute approximate surface area is 97.5 Å². The first-order chi connectivity index (χ1) is 8.06. The Bertz CT molecular complexity index is 533. The Balaban J connectivity index is 2.56. The molecule has 2 heterocycles. The molecule has 0 spiro atoms. The van der Waals surface area contributed by atoms with Crippen LogP contribution in [0.15, 0.2) is 9.59 Å². The second-order valence-electron chi connectivity index (χ2n) is 4.22. The number of aromatic nitrogens is 2. The van der Waals surface area contributed by atoms with Crippen molar-refractivity contribution in [2.75, 3.05) is 23.8 Å². The average Bonchev–Trinajstić information content (AvgIpc) is 2.74. The molecule has 1 fully saturated rings. The van der Waals surface area contributed by atoms with Gasteiger partial charge in [0, 0.05) is 13.6 Å². The van der Waals surface area contributed by atoms with Gasteiger partial charge < -0.3 is 15.7 Å². The van der Waals surface area contributed by atoms with Gasteiger partial charge in [-0.2, -0.15) is 0 Å². The zero-order valence-corrected chi connectivity index (χ0v) is 9.64. The Morgan fingerprint density at radius 2 is 2.24 bits per heavy atom. The maximum atomic E-state index is 11.8. The van der Waals surface area contributed by atoms with Crippen LogP contribution in [0, 0.1) is 0 Å². The number of aliphatic hydroxyl groups excluding tert-OH is 1. The number of H-pyrrole nitrogens is 1. The molecule has 1 atom stereocenters. The quantitative estimate of drug-likeness (QED) is 0.591. The van der Waals surface area contributed by atoms with Gasteiger partial charge in [-0.3, -0.25) is 14.3 Å². The molecule has 17 heavy (non-hydrogen) atoms. The monoisotopic (exact) mass is 240 g/mol. The molecule has 2 rings (SSSR count). The summed E-state index contributed by atoms with van der Waals surface area (Å²) in [6, 6.07) is -0.101. The predicted molar refractivity (Wildman–Crippen MR) is 64.2 cm³/mol. The van der Waals surface area contributed by atoms with Gasteiger partial charge in [-0.1, -0.05) is 0 Å². The van der Waals surface area contributed by atoms with Crippen LogP contribution in [0.4, 0.5) is 11.5 Å². The van der Waals surface area contributed by atoms with Crippen molar-refractivity contribution in [1.82, 2.24) is 9.55 Å². The molecule has 1 saturated heterocycles. The fraction of sp³-hybridized carbons (Fsp3) is 0.600. The lowest BCUT2D eigenvalue weighted by atomic mass is 10.2. The normalized spacial score (nSPS) is 19.9. The minimum absolute atomic E-state index is 0.0261. The van der Waals surface area contributed by atoms with Gasteiger partial charge in [0.05, 0.1) is 12.6 Å². The summed E-state index contributed by atoms with van der Waals surface area (Å²) >= 11 is 0. The van der Waals surface area contributed by atoms with Crippen LogP contribution in [-0.4, -0.2) is 33.9 Å². The van der Waals surface area contributed by atoms with E-state index in [0.717, 1.165) is 12.8 Å². The van der Waals surface area contributed by atoms with Crippen molar-refractivity contribution in [3.63, 3.8) is 0 Å². The number of hydrogen-bond acceptors (Lipinski definition) is 5. The highest BCUT2D eigenvalue weighted by atomic mass is 16.3. The topological polar surface area (TPSA) is 104 Å². The largest absolute Gasteiger partial charge is 0.394 e. The maximum absolute atomic E-state index is 11.8. The highest BCUT2D eigenvalue weighted by Gasteiger charge is 2.28. The lowest BCUT2D eigenvalue weighted by molar-refractivity contribution is 0.266. The van der Waals surface area contributed by atoms with E-state index in [-0.39, 0.29) is 24.2 Å². The van der Waals surface area contributed by atoms with Crippen molar-refractivity contribution in [2.24, 2.45) is 7.05 Å². The zero-order valence-electron chi connectivity index (χ0n) is 9.64. The summed E-state index contributed by atoms with van der Waals surface area (Å²) in [5.74, 6) is 0.138. The third-order valence-electron chi connectivity index (χ3n) is 3.22. The Morgan fingerprint density at radius 1 is 1.53 bits per heavy atom. The van der Waals surface area contributed by atoms with Gasteiger partial charge in [-0.15, -0.1) is 0 Å². The molecule has 4 N–H and O–H groups in total. The Morgan fingerprint density at radius 3 is 2.88 bits per heavy atom. The number of hydrogen-bond donors (Lipinski definition) is 3. The van der Waals surface area contributed by atoms with Gasteiger partial charge in [0.1, 0.15) is 11.5 Å². The molecular weight excluding hydrogens is 224 g/mol. The minimum Gasteiger partial charge on any atom is -0.394 e. The Kier molecular flexibility index (Phi) is 2.93. The number of nitrogens with two attached hydrogens (primary N) is 1. The summed E-state index contributed by atoms with van der Waals surface area (Å²) < 4.78 is 1.20. The van der Waals surface area contributed by atoms with Crippen molar-refractivity contribution in [3.05, 3.63) is 20.8 Å². The fourth-order valence-corrected chi connectivity index (χ4v) is 2.22. The molecule has 0 saturated carbocycles. The van der Waals surface area contributed by atoms with E-state index < -0.39 is 11.2 Å². The second kappa shape index (κ2) is 4.25. The second-order valence-corrected chi connectivity index (χ2v) is 4.22. The van der Waals surface area contributed by atoms with E-state index in [1.807, 2.05) is 0 Å². The summed E-state index contributed by atoms with van der Waals surface area (Å²) in [5, 5.41) is 9.24. The number of aliphatic hydroxyl groups is 1. The van der Waals surface area contributed by atoms with Gasteiger partial charge in [0.2, 0.25) is 0 Å². The summed E-state index contributed by atoms with van der Waals surface area (Å²) in [4.78, 5) is 27.1. The van der Waals surface area contributed by atoms with E-state index in [2.05, 4.69) is 4.98 Å². The molecule has 94 valence electrons. The first-order valence-corrected chi connectivity index (χ1v) is 5.52. The fourth-order valence-electron chi connectivity index (χ4n) is 2.22. The van der Waals surface area contributed by atoms with E-state index in [1.54, 1.807) is 4.90 Å². The molecule has 1 aliphatic heterocycles. The first-order valence-electron chi connectivity index (χ1n) is 5.52. The van der Waals surface area contributed by atoms with Gasteiger partial charge in [0.15, 0.2) is 0 Å². The first kappa shape index (κ1) is 11.7. The number of nitrogen functional groups attached to an aromatic ring is 1. The van der Waals surface area contributed by atoms with Crippen molar-refractivity contribution < 1.29 is 5.11 Å². The number of rotatable bonds is 2. The van der Waals surface area contributed by atoms with Crippen LogP contribution >= 0.6 is 0 Å². The molecule has 7 nitrogen and oxygen atoms in total. The predicted octanol–water partition coefficient (Wildman–Crippen LogP) is -1.38. The molecule has 7 heteroatoms. The van der Waals surface area contributed by atoms with Gasteiger partial charge >= 0.3 is 5.69 Å². The average molecular weight is 240 g/mol. The van der Waals surface area contributed by atoms with Crippen molar-refractivity contribution in [2.45, 2.75) is 18.9 Å². The molecule has 1 aromatic heterocycles. The highest BCUT2D eigenvalue weighted by molar-refractivity contribution is 5.63. The molecule has 1 aliphatic rings. The molecule has 0 aromatic carbocycles. The lowest BCUT2D eigenvalue weighted by Crippen LogP contribution is -2.40. The van der Waals surface area contributed by atoms with E-state index in [9.17, 15) is 14.7 Å². The number of anilines is 2. The molecular formula is C10H16N4O3. The number of nitrogens with zero attached hydrogens (tertiary/aromatic N) is 2. The summed E-state index contributed by atoms with van der Waals surface area (Å²) in [6.07, 6.45) is 1.71. The van der Waals surface area contributed by atoms with Gasteiger partial charge in [-0.05, 0) is 12.8 Å². The van der Waals surface area contributed by atoms with E-state index in [0.29, 0.717) is 6.54 Å². The van der Waals surface area contributed by atoms with Crippen molar-refractivity contribution >= 4 is 11.5 Å².